The van der Waals surface area contributed by atoms with Gasteiger partial charge in [0.25, 0.3) is 0 Å². The molecule has 62 valence electrons. The number of fused-ring (bicyclic) bond motifs is 1. The van der Waals surface area contributed by atoms with Gasteiger partial charge in [0.1, 0.15) is 5.75 Å². The number of benzene rings is 1. The first-order valence-electron chi connectivity index (χ1n) is 3.72. The second kappa shape index (κ2) is 2.17. The van der Waals surface area contributed by atoms with Gasteiger partial charge in [0.05, 0.1) is 11.2 Å². The molecule has 0 aliphatic rings. The summed E-state index contributed by atoms with van der Waals surface area (Å²) in [4.78, 5) is 0. The number of hydrogen-bond acceptors (Lipinski definition) is 2. The molecule has 0 spiro atoms. The van der Waals surface area contributed by atoms with Crippen molar-refractivity contribution < 1.29 is 5.11 Å². The topological polar surface area (TPSA) is 51.2 Å². The summed E-state index contributed by atoms with van der Waals surface area (Å²) in [5.41, 5.74) is 7.00. The fourth-order valence-corrected chi connectivity index (χ4v) is 1.32. The van der Waals surface area contributed by atoms with Crippen molar-refractivity contribution in [3.8, 4) is 5.75 Å². The van der Waals surface area contributed by atoms with Crippen LogP contribution in [0.3, 0.4) is 0 Å². The monoisotopic (exact) mass is 162 g/mol. The van der Waals surface area contributed by atoms with Crippen LogP contribution in [0.15, 0.2) is 24.4 Å². The highest BCUT2D eigenvalue weighted by atomic mass is 16.3. The molecule has 1 aromatic carbocycles. The Kier molecular flexibility index (Phi) is 1.27. The molecule has 0 fully saturated rings. The van der Waals surface area contributed by atoms with Crippen LogP contribution in [-0.2, 0) is 7.05 Å². The van der Waals surface area contributed by atoms with Crippen molar-refractivity contribution in [1.29, 1.82) is 0 Å². The quantitative estimate of drug-likeness (QED) is 0.455. The molecule has 3 nitrogen and oxygen atoms in total. The van der Waals surface area contributed by atoms with Gasteiger partial charge in [-0.25, -0.2) is 0 Å². The molecule has 0 aliphatic carbocycles. The van der Waals surface area contributed by atoms with Gasteiger partial charge in [-0.05, 0) is 18.2 Å². The number of phenols is 1. The van der Waals surface area contributed by atoms with Crippen LogP contribution in [0.25, 0.3) is 10.9 Å². The standard InChI is InChI=1S/C9H10N2O/c1-11-3-2-6-4-9(12)7(10)5-8(6)11/h2-5,12H,10H2,1H3. The minimum absolute atomic E-state index is 0.147. The third kappa shape index (κ3) is 0.830. The highest BCUT2D eigenvalue weighted by Gasteiger charge is 2.02. The average Bonchev–Trinajstić information content (AvgIpc) is 2.35. The van der Waals surface area contributed by atoms with E-state index in [0.717, 1.165) is 10.9 Å². The van der Waals surface area contributed by atoms with E-state index in [1.54, 1.807) is 12.1 Å². The summed E-state index contributed by atoms with van der Waals surface area (Å²) >= 11 is 0. The summed E-state index contributed by atoms with van der Waals surface area (Å²) in [6.07, 6.45) is 1.93. The predicted octanol–water partition coefficient (Wildman–Crippen LogP) is 1.47. The summed E-state index contributed by atoms with van der Waals surface area (Å²) < 4.78 is 1.96. The van der Waals surface area contributed by atoms with E-state index in [1.807, 2.05) is 23.9 Å². The Morgan fingerprint density at radius 1 is 1.42 bits per heavy atom. The molecule has 0 amide bonds. The summed E-state index contributed by atoms with van der Waals surface area (Å²) in [5.74, 6) is 0.147. The number of hydrogen-bond donors (Lipinski definition) is 2. The smallest absolute Gasteiger partial charge is 0.139 e. The molecule has 12 heavy (non-hydrogen) atoms. The number of anilines is 1. The highest BCUT2D eigenvalue weighted by Crippen LogP contribution is 2.26. The van der Waals surface area contributed by atoms with Crippen molar-refractivity contribution in [1.82, 2.24) is 4.57 Å². The number of aromatic nitrogens is 1. The van der Waals surface area contributed by atoms with Crippen molar-refractivity contribution in [2.75, 3.05) is 5.73 Å². The third-order valence-electron chi connectivity index (χ3n) is 2.03. The minimum atomic E-state index is 0.147. The van der Waals surface area contributed by atoms with E-state index < -0.39 is 0 Å². The number of aryl methyl sites for hydroxylation is 1. The zero-order valence-corrected chi connectivity index (χ0v) is 6.78. The molecule has 0 saturated heterocycles. The van der Waals surface area contributed by atoms with E-state index >= 15 is 0 Å². The van der Waals surface area contributed by atoms with Gasteiger partial charge in [-0.15, -0.1) is 0 Å². The Labute approximate surface area is 70.0 Å². The van der Waals surface area contributed by atoms with E-state index in [9.17, 15) is 5.11 Å². The van der Waals surface area contributed by atoms with Crippen LogP contribution in [0, 0.1) is 0 Å². The SMILES string of the molecule is Cn1ccc2cc(O)c(N)cc21. The molecule has 2 rings (SSSR count). The maximum Gasteiger partial charge on any atom is 0.139 e. The zero-order chi connectivity index (χ0) is 8.72. The van der Waals surface area contributed by atoms with Gasteiger partial charge in [0.15, 0.2) is 0 Å². The number of phenolic OH excluding ortho intramolecular Hbond substituents is 1. The lowest BCUT2D eigenvalue weighted by atomic mass is 10.2. The van der Waals surface area contributed by atoms with E-state index in [-0.39, 0.29) is 5.75 Å². The van der Waals surface area contributed by atoms with Gasteiger partial charge in [-0.3, -0.25) is 0 Å². The molecule has 0 bridgehead atoms. The van der Waals surface area contributed by atoms with Crippen molar-refractivity contribution in [3.05, 3.63) is 24.4 Å². The Bertz CT molecular complexity index is 431. The molecule has 0 atom stereocenters. The third-order valence-corrected chi connectivity index (χ3v) is 2.03. The van der Waals surface area contributed by atoms with Crippen LogP contribution in [-0.4, -0.2) is 9.67 Å². The molecule has 0 aliphatic heterocycles. The van der Waals surface area contributed by atoms with Crippen LogP contribution < -0.4 is 5.73 Å². The predicted molar refractivity (Wildman–Crippen MR) is 49.0 cm³/mol. The molecular weight excluding hydrogens is 152 g/mol. The summed E-state index contributed by atoms with van der Waals surface area (Å²) in [7, 11) is 1.94. The lowest BCUT2D eigenvalue weighted by molar-refractivity contribution is 0.479. The molecule has 1 aromatic heterocycles. The lowest BCUT2D eigenvalue weighted by Crippen LogP contribution is -1.88. The molecular formula is C9H10N2O. The van der Waals surface area contributed by atoms with Crippen molar-refractivity contribution >= 4 is 16.6 Å². The second-order valence-corrected chi connectivity index (χ2v) is 2.90. The van der Waals surface area contributed by atoms with Gasteiger partial charge < -0.3 is 15.4 Å². The molecule has 1 heterocycles. The van der Waals surface area contributed by atoms with Crippen molar-refractivity contribution in [3.63, 3.8) is 0 Å². The molecule has 3 N–H and O–H groups in total. The minimum Gasteiger partial charge on any atom is -0.506 e. The van der Waals surface area contributed by atoms with Crippen LogP contribution >= 0.6 is 0 Å². The maximum absolute atomic E-state index is 9.29. The lowest BCUT2D eigenvalue weighted by Gasteiger charge is -2.00. The van der Waals surface area contributed by atoms with E-state index in [1.165, 1.54) is 0 Å². The average molecular weight is 162 g/mol. The van der Waals surface area contributed by atoms with Crippen LogP contribution in [0.1, 0.15) is 0 Å². The van der Waals surface area contributed by atoms with Crippen molar-refractivity contribution in [2.24, 2.45) is 7.05 Å². The van der Waals surface area contributed by atoms with Gasteiger partial charge >= 0.3 is 0 Å². The number of aromatic hydroxyl groups is 1. The summed E-state index contributed by atoms with van der Waals surface area (Å²) in [5, 5.41) is 10.3. The Hall–Kier alpha value is -1.64. The van der Waals surface area contributed by atoms with E-state index in [4.69, 9.17) is 5.73 Å². The van der Waals surface area contributed by atoms with Gasteiger partial charge in [-0.2, -0.15) is 0 Å². The van der Waals surface area contributed by atoms with Gasteiger partial charge in [0.2, 0.25) is 0 Å². The Morgan fingerprint density at radius 2 is 2.17 bits per heavy atom. The van der Waals surface area contributed by atoms with Crippen molar-refractivity contribution in [2.45, 2.75) is 0 Å². The highest BCUT2D eigenvalue weighted by molar-refractivity contribution is 5.86. The van der Waals surface area contributed by atoms with Gasteiger partial charge in [0, 0.05) is 18.6 Å². The first kappa shape index (κ1) is 7.03. The molecule has 0 saturated carbocycles. The maximum atomic E-state index is 9.29. The molecule has 2 aromatic rings. The zero-order valence-electron chi connectivity index (χ0n) is 6.78. The fourth-order valence-electron chi connectivity index (χ4n) is 1.32. The van der Waals surface area contributed by atoms with Crippen LogP contribution in [0.5, 0.6) is 5.75 Å². The van der Waals surface area contributed by atoms with Gasteiger partial charge in [-0.1, -0.05) is 0 Å². The summed E-state index contributed by atoms with van der Waals surface area (Å²) in [6.45, 7) is 0. The molecule has 0 unspecified atom stereocenters. The molecule has 3 heteroatoms. The number of nitrogens with zero attached hydrogens (tertiary/aromatic N) is 1. The van der Waals surface area contributed by atoms with E-state index in [0.29, 0.717) is 5.69 Å². The summed E-state index contributed by atoms with van der Waals surface area (Å²) in [6, 6.07) is 5.38. The second-order valence-electron chi connectivity index (χ2n) is 2.90. The van der Waals surface area contributed by atoms with Crippen LogP contribution in [0.2, 0.25) is 0 Å². The normalized spacial score (nSPS) is 10.8. The largest absolute Gasteiger partial charge is 0.506 e. The first-order chi connectivity index (χ1) is 5.68. The fraction of sp³-hybridized carbons (Fsp3) is 0.111. The number of rotatable bonds is 0. The Balaban J connectivity index is 2.87. The molecule has 0 radical (unpaired) electrons. The van der Waals surface area contributed by atoms with E-state index in [2.05, 4.69) is 0 Å². The first-order valence-corrected chi connectivity index (χ1v) is 3.72. The Morgan fingerprint density at radius 3 is 2.92 bits per heavy atom. The number of nitrogens with two attached hydrogens (primary N) is 1. The van der Waals surface area contributed by atoms with Crippen LogP contribution in [0.4, 0.5) is 5.69 Å². The number of nitrogen functional groups attached to an aromatic ring is 1.